The second-order valence-electron chi connectivity index (χ2n) is 6.69. The summed E-state index contributed by atoms with van der Waals surface area (Å²) in [7, 11) is 0. The summed E-state index contributed by atoms with van der Waals surface area (Å²) in [4.78, 5) is 11.7. The molecule has 2 rings (SSSR count). The van der Waals surface area contributed by atoms with Crippen LogP contribution in [0, 0.1) is 5.92 Å². The minimum Gasteiger partial charge on any atom is -0.474 e. The Kier molecular flexibility index (Phi) is 6.09. The lowest BCUT2D eigenvalue weighted by atomic mass is 9.88. The van der Waals surface area contributed by atoms with E-state index in [2.05, 4.69) is 33.8 Å². The van der Waals surface area contributed by atoms with E-state index in [1.54, 1.807) is 18.5 Å². The van der Waals surface area contributed by atoms with E-state index in [9.17, 15) is 0 Å². The van der Waals surface area contributed by atoms with Gasteiger partial charge in [-0.05, 0) is 55.2 Å². The van der Waals surface area contributed by atoms with Crippen molar-refractivity contribution < 1.29 is 4.74 Å². The Hall–Kier alpha value is -2.04. The van der Waals surface area contributed by atoms with E-state index in [4.69, 9.17) is 21.9 Å². The minimum absolute atomic E-state index is 0.00286. The Morgan fingerprint density at radius 2 is 2.08 bits per heavy atom. The molecule has 7 heteroatoms. The highest BCUT2D eigenvalue weighted by molar-refractivity contribution is 6.30. The fourth-order valence-corrected chi connectivity index (χ4v) is 2.99. The molecule has 0 aliphatic rings. The summed E-state index contributed by atoms with van der Waals surface area (Å²) in [6.07, 6.45) is 4.84. The van der Waals surface area contributed by atoms with Crippen LogP contribution in [0.2, 0.25) is 5.15 Å². The Balaban J connectivity index is 2.59. The fraction of sp³-hybridized carbons (Fsp3) is 0.500. The molecule has 0 spiro atoms. The van der Waals surface area contributed by atoms with Crippen molar-refractivity contribution >= 4 is 22.4 Å². The molecule has 2 aromatic rings. The monoisotopic (exact) mass is 360 g/mol. The van der Waals surface area contributed by atoms with E-state index in [1.807, 2.05) is 20.8 Å². The SMILES string of the molecule is CC[C@](C)(N=[N+]=[N-])c1cnc(O[C@@H](C)C[C](C)C)c2cnc(Cl)cc12. The van der Waals surface area contributed by atoms with Crippen molar-refractivity contribution in [1.82, 2.24) is 9.97 Å². The quantitative estimate of drug-likeness (QED) is 0.263. The third kappa shape index (κ3) is 4.33. The fourth-order valence-electron chi connectivity index (χ4n) is 2.83. The van der Waals surface area contributed by atoms with Crippen molar-refractivity contribution in [3.8, 4) is 5.88 Å². The summed E-state index contributed by atoms with van der Waals surface area (Å²) in [6.45, 7) is 10.0. The predicted molar refractivity (Wildman–Crippen MR) is 101 cm³/mol. The number of nitrogens with zero attached hydrogens (tertiary/aromatic N) is 5. The van der Waals surface area contributed by atoms with Gasteiger partial charge in [-0.1, -0.05) is 37.5 Å². The van der Waals surface area contributed by atoms with Gasteiger partial charge in [-0.2, -0.15) is 0 Å². The molecule has 6 nitrogen and oxygen atoms in total. The zero-order valence-electron chi connectivity index (χ0n) is 15.2. The predicted octanol–water partition coefficient (Wildman–Crippen LogP) is 5.99. The zero-order chi connectivity index (χ0) is 18.6. The molecule has 2 heterocycles. The zero-order valence-corrected chi connectivity index (χ0v) is 16.0. The van der Waals surface area contributed by atoms with Crippen LogP contribution >= 0.6 is 11.6 Å². The first-order valence-electron chi connectivity index (χ1n) is 8.27. The highest BCUT2D eigenvalue weighted by atomic mass is 35.5. The van der Waals surface area contributed by atoms with Crippen LogP contribution in [0.1, 0.15) is 53.0 Å². The third-order valence-corrected chi connectivity index (χ3v) is 4.45. The Labute approximate surface area is 153 Å². The van der Waals surface area contributed by atoms with Crippen molar-refractivity contribution in [3.05, 3.63) is 45.5 Å². The Morgan fingerprint density at radius 3 is 2.68 bits per heavy atom. The Morgan fingerprint density at radius 1 is 1.36 bits per heavy atom. The number of hydrogen-bond donors (Lipinski definition) is 0. The van der Waals surface area contributed by atoms with Crippen molar-refractivity contribution in [2.45, 2.75) is 59.1 Å². The first-order chi connectivity index (χ1) is 11.8. The first kappa shape index (κ1) is 19.3. The van der Waals surface area contributed by atoms with Gasteiger partial charge in [0.05, 0.1) is 17.0 Å². The van der Waals surface area contributed by atoms with Crippen LogP contribution in [-0.4, -0.2) is 16.1 Å². The van der Waals surface area contributed by atoms with Gasteiger partial charge in [-0.25, -0.2) is 9.97 Å². The lowest BCUT2D eigenvalue weighted by Gasteiger charge is -2.25. The summed E-state index contributed by atoms with van der Waals surface area (Å²) in [5.74, 6) is 1.80. The second-order valence-corrected chi connectivity index (χ2v) is 7.07. The van der Waals surface area contributed by atoms with Crippen LogP contribution in [-0.2, 0) is 5.54 Å². The maximum Gasteiger partial charge on any atom is 0.223 e. The molecule has 2 atom stereocenters. The van der Waals surface area contributed by atoms with E-state index in [0.29, 0.717) is 17.5 Å². The van der Waals surface area contributed by atoms with Gasteiger partial charge in [0.25, 0.3) is 0 Å². The van der Waals surface area contributed by atoms with Crippen LogP contribution in [0.25, 0.3) is 21.2 Å². The van der Waals surface area contributed by atoms with Gasteiger partial charge in [0.1, 0.15) is 5.15 Å². The molecule has 0 unspecified atom stereocenters. The van der Waals surface area contributed by atoms with Gasteiger partial charge < -0.3 is 4.74 Å². The number of azide groups is 1. The van der Waals surface area contributed by atoms with Gasteiger partial charge in [0.15, 0.2) is 0 Å². The number of ether oxygens (including phenoxy) is 1. The smallest absolute Gasteiger partial charge is 0.223 e. The van der Waals surface area contributed by atoms with Crippen LogP contribution in [0.15, 0.2) is 23.6 Å². The van der Waals surface area contributed by atoms with Gasteiger partial charge in [-0.3, -0.25) is 0 Å². The molecule has 0 saturated carbocycles. The van der Waals surface area contributed by atoms with Crippen LogP contribution < -0.4 is 4.74 Å². The molecule has 133 valence electrons. The maximum atomic E-state index is 8.95. The number of halogens is 1. The highest BCUT2D eigenvalue weighted by Crippen LogP contribution is 2.37. The first-order valence-corrected chi connectivity index (χ1v) is 8.65. The average molecular weight is 361 g/mol. The second kappa shape index (κ2) is 7.89. The van der Waals surface area contributed by atoms with Crippen LogP contribution in [0.3, 0.4) is 0 Å². The number of fused-ring (bicyclic) bond motifs is 1. The molecular formula is C18H23ClN5O. The van der Waals surface area contributed by atoms with Crippen LogP contribution in [0.4, 0.5) is 0 Å². The molecule has 0 aliphatic carbocycles. The molecule has 0 aromatic carbocycles. The van der Waals surface area contributed by atoms with E-state index in [0.717, 1.165) is 22.8 Å². The highest BCUT2D eigenvalue weighted by Gasteiger charge is 2.27. The average Bonchev–Trinajstić information content (AvgIpc) is 2.54. The van der Waals surface area contributed by atoms with Gasteiger partial charge in [0, 0.05) is 17.3 Å². The van der Waals surface area contributed by atoms with Gasteiger partial charge in [0.2, 0.25) is 5.88 Å². The van der Waals surface area contributed by atoms with Crippen LogP contribution in [0.5, 0.6) is 5.88 Å². The molecule has 0 N–H and O–H groups in total. The van der Waals surface area contributed by atoms with Crippen molar-refractivity contribution in [1.29, 1.82) is 0 Å². The van der Waals surface area contributed by atoms with E-state index >= 15 is 0 Å². The number of aromatic nitrogens is 2. The molecule has 1 radical (unpaired) electrons. The molecule has 0 saturated heterocycles. The minimum atomic E-state index is -0.720. The van der Waals surface area contributed by atoms with Crippen molar-refractivity contribution in [2.24, 2.45) is 5.11 Å². The molecule has 2 aromatic heterocycles. The van der Waals surface area contributed by atoms with Gasteiger partial charge >= 0.3 is 0 Å². The van der Waals surface area contributed by atoms with E-state index in [1.165, 1.54) is 5.92 Å². The summed E-state index contributed by atoms with van der Waals surface area (Å²) < 4.78 is 6.02. The molecule has 0 fully saturated rings. The third-order valence-electron chi connectivity index (χ3n) is 4.24. The maximum absolute atomic E-state index is 8.95. The lowest BCUT2D eigenvalue weighted by molar-refractivity contribution is 0.210. The topological polar surface area (TPSA) is 83.8 Å². The normalized spacial score (nSPS) is 14.8. The van der Waals surface area contributed by atoms with E-state index < -0.39 is 5.54 Å². The number of pyridine rings is 2. The van der Waals surface area contributed by atoms with Crippen molar-refractivity contribution in [3.63, 3.8) is 0 Å². The summed E-state index contributed by atoms with van der Waals surface area (Å²) in [5, 5.41) is 5.96. The number of hydrogen-bond acceptors (Lipinski definition) is 4. The molecule has 25 heavy (non-hydrogen) atoms. The molecule has 0 amide bonds. The summed E-state index contributed by atoms with van der Waals surface area (Å²) in [5.41, 5.74) is 9.04. The van der Waals surface area contributed by atoms with Crippen molar-refractivity contribution in [2.75, 3.05) is 0 Å². The van der Waals surface area contributed by atoms with Gasteiger partial charge in [-0.15, -0.1) is 0 Å². The van der Waals surface area contributed by atoms with E-state index in [-0.39, 0.29) is 6.10 Å². The molecule has 0 bridgehead atoms. The Bertz CT molecular complexity index is 803. The lowest BCUT2D eigenvalue weighted by Crippen LogP contribution is -2.19. The standard InChI is InChI=1S/C18H23ClN5O/c1-6-18(5,23-24-20)15-10-22-17(25-12(4)7-11(2)3)14-9-21-16(19)8-13(14)15/h8-10,12H,6-7H2,1-5H3/t12-,18-/m0/s1. The summed E-state index contributed by atoms with van der Waals surface area (Å²) in [6, 6.07) is 1.77. The summed E-state index contributed by atoms with van der Waals surface area (Å²) >= 11 is 6.11. The number of rotatable bonds is 7. The molecule has 0 aliphatic heterocycles. The molecular weight excluding hydrogens is 338 g/mol. The largest absolute Gasteiger partial charge is 0.474 e.